The Bertz CT molecular complexity index is 186. The lowest BCUT2D eigenvalue weighted by atomic mass is 10.1. The molecule has 0 bridgehead atoms. The van der Waals surface area contributed by atoms with Gasteiger partial charge >= 0.3 is 0 Å². The van der Waals surface area contributed by atoms with Crippen molar-refractivity contribution in [3.05, 3.63) is 0 Å². The monoisotopic (exact) mass is 202 g/mol. The molecule has 3 heteroatoms. The quantitative estimate of drug-likeness (QED) is 0.734. The molecule has 1 saturated heterocycles. The van der Waals surface area contributed by atoms with Crippen molar-refractivity contribution in [3.8, 4) is 0 Å². The first kappa shape index (κ1) is 11.9. The molecule has 1 fully saturated rings. The average Bonchev–Trinajstić information content (AvgIpc) is 2.29. The molecule has 0 aliphatic carbocycles. The second kappa shape index (κ2) is 4.15. The molecule has 1 rings (SSSR count). The zero-order valence-corrected chi connectivity index (χ0v) is 9.97. The molecule has 0 saturated carbocycles. The van der Waals surface area contributed by atoms with Gasteiger partial charge in [0.2, 0.25) is 0 Å². The smallest absolute Gasteiger partial charge is 0.129 e. The predicted molar refractivity (Wildman–Crippen MR) is 58.3 cm³/mol. The lowest BCUT2D eigenvalue weighted by Crippen LogP contribution is -2.48. The van der Waals surface area contributed by atoms with E-state index in [2.05, 4.69) is 44.8 Å². The number of hydrogen-bond acceptors (Lipinski definition) is 2. The van der Waals surface area contributed by atoms with Crippen LogP contribution in [0.4, 0.5) is 4.39 Å². The van der Waals surface area contributed by atoms with E-state index in [-0.39, 0.29) is 11.6 Å². The Morgan fingerprint density at radius 1 is 1.29 bits per heavy atom. The van der Waals surface area contributed by atoms with Gasteiger partial charge in [0.15, 0.2) is 0 Å². The van der Waals surface area contributed by atoms with Crippen molar-refractivity contribution in [1.29, 1.82) is 0 Å². The summed E-state index contributed by atoms with van der Waals surface area (Å²) in [5.41, 5.74) is 0.00198. The Hall–Kier alpha value is -0.150. The van der Waals surface area contributed by atoms with Crippen LogP contribution in [-0.4, -0.2) is 41.8 Å². The minimum Gasteiger partial charge on any atom is -0.305 e. The SMILES string of the molecule is CC(C)N1C[C@@H](F)[C@@H](NC(C)(C)C)C1. The first-order valence-corrected chi connectivity index (χ1v) is 5.45. The molecule has 2 atom stereocenters. The molecule has 0 amide bonds. The summed E-state index contributed by atoms with van der Waals surface area (Å²) in [6, 6.07) is 0.442. The normalized spacial score (nSPS) is 30.2. The first-order chi connectivity index (χ1) is 6.29. The summed E-state index contributed by atoms with van der Waals surface area (Å²) in [5, 5.41) is 3.34. The number of halogens is 1. The third-order valence-corrected chi connectivity index (χ3v) is 2.63. The Morgan fingerprint density at radius 3 is 2.21 bits per heavy atom. The fourth-order valence-corrected chi connectivity index (χ4v) is 1.91. The minimum absolute atomic E-state index is 0.00198. The molecule has 0 aromatic rings. The highest BCUT2D eigenvalue weighted by atomic mass is 19.1. The third kappa shape index (κ3) is 3.21. The van der Waals surface area contributed by atoms with Crippen molar-refractivity contribution in [2.45, 2.75) is 58.4 Å². The molecule has 1 heterocycles. The molecule has 1 N–H and O–H groups in total. The number of nitrogens with zero attached hydrogens (tertiary/aromatic N) is 1. The molecule has 84 valence electrons. The molecular formula is C11H23FN2. The Labute approximate surface area is 86.9 Å². The van der Waals surface area contributed by atoms with Gasteiger partial charge in [0, 0.05) is 24.7 Å². The average molecular weight is 202 g/mol. The van der Waals surface area contributed by atoms with E-state index in [1.54, 1.807) is 0 Å². The van der Waals surface area contributed by atoms with Crippen LogP contribution in [0.3, 0.4) is 0 Å². The van der Waals surface area contributed by atoms with Crippen molar-refractivity contribution in [2.24, 2.45) is 0 Å². The van der Waals surface area contributed by atoms with Gasteiger partial charge in [-0.3, -0.25) is 4.90 Å². The third-order valence-electron chi connectivity index (χ3n) is 2.63. The van der Waals surface area contributed by atoms with Gasteiger partial charge in [-0.1, -0.05) is 0 Å². The van der Waals surface area contributed by atoms with Crippen LogP contribution in [0.1, 0.15) is 34.6 Å². The van der Waals surface area contributed by atoms with Gasteiger partial charge in [0.05, 0.1) is 6.04 Å². The zero-order chi connectivity index (χ0) is 10.9. The van der Waals surface area contributed by atoms with Crippen LogP contribution in [0, 0.1) is 0 Å². The molecular weight excluding hydrogens is 179 g/mol. The van der Waals surface area contributed by atoms with Crippen LogP contribution >= 0.6 is 0 Å². The number of alkyl halides is 1. The summed E-state index contributed by atoms with van der Waals surface area (Å²) in [6.07, 6.45) is -0.725. The van der Waals surface area contributed by atoms with Crippen LogP contribution in [-0.2, 0) is 0 Å². The molecule has 2 nitrogen and oxygen atoms in total. The van der Waals surface area contributed by atoms with Gasteiger partial charge in [0.25, 0.3) is 0 Å². The van der Waals surface area contributed by atoms with Gasteiger partial charge < -0.3 is 5.32 Å². The highest BCUT2D eigenvalue weighted by Gasteiger charge is 2.35. The molecule has 0 radical (unpaired) electrons. The van der Waals surface area contributed by atoms with Crippen molar-refractivity contribution >= 4 is 0 Å². The van der Waals surface area contributed by atoms with Crippen molar-refractivity contribution in [2.75, 3.05) is 13.1 Å². The first-order valence-electron chi connectivity index (χ1n) is 5.45. The van der Waals surface area contributed by atoms with Gasteiger partial charge in [-0.15, -0.1) is 0 Å². The Balaban J connectivity index is 2.49. The van der Waals surface area contributed by atoms with E-state index < -0.39 is 6.17 Å². The number of likely N-dealkylation sites (tertiary alicyclic amines) is 1. The van der Waals surface area contributed by atoms with E-state index in [1.807, 2.05) is 0 Å². The Kier molecular flexibility index (Phi) is 3.53. The topological polar surface area (TPSA) is 15.3 Å². The van der Waals surface area contributed by atoms with E-state index in [1.165, 1.54) is 0 Å². The fourth-order valence-electron chi connectivity index (χ4n) is 1.91. The molecule has 0 aromatic carbocycles. The van der Waals surface area contributed by atoms with E-state index >= 15 is 0 Å². The maximum absolute atomic E-state index is 13.6. The predicted octanol–water partition coefficient (Wildman–Crippen LogP) is 1.81. The maximum atomic E-state index is 13.6. The van der Waals surface area contributed by atoms with Gasteiger partial charge in [0.1, 0.15) is 6.17 Å². The standard InChI is InChI=1S/C11H23FN2/c1-8(2)14-6-9(12)10(7-14)13-11(3,4)5/h8-10,13H,6-7H2,1-5H3/t9-,10+/m1/s1. The second-order valence-electron chi connectivity index (χ2n) is 5.56. The molecule has 0 spiro atoms. The number of nitrogens with one attached hydrogen (secondary N) is 1. The molecule has 14 heavy (non-hydrogen) atoms. The van der Waals surface area contributed by atoms with E-state index in [9.17, 15) is 4.39 Å². The van der Waals surface area contributed by atoms with Crippen molar-refractivity contribution in [3.63, 3.8) is 0 Å². The molecule has 1 aliphatic rings. The Morgan fingerprint density at radius 2 is 1.86 bits per heavy atom. The van der Waals surface area contributed by atoms with Crippen molar-refractivity contribution in [1.82, 2.24) is 10.2 Å². The van der Waals surface area contributed by atoms with E-state index in [4.69, 9.17) is 0 Å². The van der Waals surface area contributed by atoms with Crippen LogP contribution in [0.15, 0.2) is 0 Å². The number of hydrogen-bond donors (Lipinski definition) is 1. The molecule has 0 unspecified atom stereocenters. The van der Waals surface area contributed by atoms with Crippen LogP contribution < -0.4 is 5.32 Å². The van der Waals surface area contributed by atoms with Gasteiger partial charge in [-0.2, -0.15) is 0 Å². The molecule has 0 aromatic heterocycles. The summed E-state index contributed by atoms with van der Waals surface area (Å²) in [6.45, 7) is 11.9. The van der Waals surface area contributed by atoms with Crippen LogP contribution in [0.5, 0.6) is 0 Å². The summed E-state index contributed by atoms with van der Waals surface area (Å²) in [5.74, 6) is 0. The number of rotatable bonds is 2. The second-order valence-corrected chi connectivity index (χ2v) is 5.56. The largest absolute Gasteiger partial charge is 0.305 e. The van der Waals surface area contributed by atoms with Crippen LogP contribution in [0.2, 0.25) is 0 Å². The van der Waals surface area contributed by atoms with E-state index in [0.29, 0.717) is 12.6 Å². The summed E-state index contributed by atoms with van der Waals surface area (Å²) >= 11 is 0. The highest BCUT2D eigenvalue weighted by molar-refractivity contribution is 4.93. The maximum Gasteiger partial charge on any atom is 0.129 e. The lowest BCUT2D eigenvalue weighted by Gasteiger charge is -2.27. The zero-order valence-electron chi connectivity index (χ0n) is 9.97. The van der Waals surface area contributed by atoms with Gasteiger partial charge in [-0.05, 0) is 34.6 Å². The lowest BCUT2D eigenvalue weighted by molar-refractivity contribution is 0.243. The highest BCUT2D eigenvalue weighted by Crippen LogP contribution is 2.18. The molecule has 1 aliphatic heterocycles. The fraction of sp³-hybridized carbons (Fsp3) is 1.00. The van der Waals surface area contributed by atoms with Crippen LogP contribution in [0.25, 0.3) is 0 Å². The van der Waals surface area contributed by atoms with Gasteiger partial charge in [-0.25, -0.2) is 4.39 Å². The minimum atomic E-state index is -0.725. The summed E-state index contributed by atoms with van der Waals surface area (Å²) < 4.78 is 13.6. The summed E-state index contributed by atoms with van der Waals surface area (Å²) in [7, 11) is 0. The summed E-state index contributed by atoms with van der Waals surface area (Å²) in [4.78, 5) is 2.19. The van der Waals surface area contributed by atoms with Crippen molar-refractivity contribution < 1.29 is 4.39 Å². The van der Waals surface area contributed by atoms with E-state index in [0.717, 1.165) is 6.54 Å².